The summed E-state index contributed by atoms with van der Waals surface area (Å²) in [4.78, 5) is 2.04. The predicted molar refractivity (Wildman–Crippen MR) is 92.5 cm³/mol. The van der Waals surface area contributed by atoms with Crippen LogP contribution in [-0.2, 0) is 23.1 Å². The van der Waals surface area contributed by atoms with Gasteiger partial charge >= 0.3 is 0 Å². The molecule has 116 valence electrons. The molecular formula is C13H17BrN2O2S3. The topological polar surface area (TPSA) is 58.2 Å². The molecule has 0 aliphatic heterocycles. The van der Waals surface area contributed by atoms with Crippen molar-refractivity contribution in [3.8, 4) is 0 Å². The largest absolute Gasteiger partial charge is 0.312 e. The molecule has 0 fully saturated rings. The second-order valence-electron chi connectivity index (χ2n) is 4.48. The standard InChI is InChI=1S/C13H17BrN2O2S3/c1-3-15-8-11-9(2)6-13(20-11)21(17,18)16-7-10-4-5-12(14)19-10/h4-6,15-16H,3,7-8H2,1-2H3. The van der Waals surface area contributed by atoms with Crippen LogP contribution in [0.4, 0.5) is 0 Å². The van der Waals surface area contributed by atoms with Crippen molar-refractivity contribution in [2.45, 2.75) is 31.1 Å². The van der Waals surface area contributed by atoms with Gasteiger partial charge in [0.1, 0.15) is 4.21 Å². The normalized spacial score (nSPS) is 12.0. The van der Waals surface area contributed by atoms with Crippen LogP contribution in [0.1, 0.15) is 22.2 Å². The van der Waals surface area contributed by atoms with Gasteiger partial charge in [0, 0.05) is 22.8 Å². The first-order valence-electron chi connectivity index (χ1n) is 6.46. The van der Waals surface area contributed by atoms with Crippen molar-refractivity contribution in [3.05, 3.63) is 37.3 Å². The SMILES string of the molecule is CCNCc1sc(S(=O)(=O)NCc2ccc(Br)s2)cc1C. The highest BCUT2D eigenvalue weighted by atomic mass is 79.9. The van der Waals surface area contributed by atoms with E-state index in [-0.39, 0.29) is 0 Å². The number of nitrogens with one attached hydrogen (secondary N) is 2. The first kappa shape index (κ1) is 17.1. The quantitative estimate of drug-likeness (QED) is 0.736. The Kier molecular flexibility index (Phi) is 5.98. The van der Waals surface area contributed by atoms with Gasteiger partial charge in [-0.25, -0.2) is 13.1 Å². The van der Waals surface area contributed by atoms with Crippen molar-refractivity contribution in [1.29, 1.82) is 0 Å². The van der Waals surface area contributed by atoms with Gasteiger partial charge in [0.15, 0.2) is 0 Å². The van der Waals surface area contributed by atoms with E-state index < -0.39 is 10.0 Å². The molecule has 0 bridgehead atoms. The fraction of sp³-hybridized carbons (Fsp3) is 0.385. The number of thiophene rings is 2. The van der Waals surface area contributed by atoms with Gasteiger partial charge in [0.2, 0.25) is 10.0 Å². The van der Waals surface area contributed by atoms with Crippen LogP contribution in [0.5, 0.6) is 0 Å². The van der Waals surface area contributed by atoms with E-state index in [0.29, 0.717) is 17.3 Å². The van der Waals surface area contributed by atoms with Gasteiger partial charge in [-0.2, -0.15) is 0 Å². The minimum absolute atomic E-state index is 0.318. The second kappa shape index (κ2) is 7.34. The molecule has 2 rings (SSSR count). The van der Waals surface area contributed by atoms with Crippen LogP contribution in [0.25, 0.3) is 0 Å². The molecule has 2 aromatic rings. The van der Waals surface area contributed by atoms with Crippen LogP contribution < -0.4 is 10.0 Å². The van der Waals surface area contributed by atoms with E-state index in [9.17, 15) is 8.42 Å². The Morgan fingerprint density at radius 3 is 2.62 bits per heavy atom. The highest BCUT2D eigenvalue weighted by Gasteiger charge is 2.18. The second-order valence-corrected chi connectivity index (χ2v) is 10.2. The highest BCUT2D eigenvalue weighted by molar-refractivity contribution is 9.11. The maximum absolute atomic E-state index is 12.3. The molecule has 8 heteroatoms. The lowest BCUT2D eigenvalue weighted by Crippen LogP contribution is -2.21. The molecule has 4 nitrogen and oxygen atoms in total. The van der Waals surface area contributed by atoms with Gasteiger partial charge < -0.3 is 5.32 Å². The monoisotopic (exact) mass is 408 g/mol. The minimum atomic E-state index is -3.44. The first-order chi connectivity index (χ1) is 9.92. The third-order valence-electron chi connectivity index (χ3n) is 2.86. The summed E-state index contributed by atoms with van der Waals surface area (Å²) in [7, 11) is -3.44. The summed E-state index contributed by atoms with van der Waals surface area (Å²) in [5, 5.41) is 3.22. The van der Waals surface area contributed by atoms with Gasteiger partial charge in [0.25, 0.3) is 0 Å². The lowest BCUT2D eigenvalue weighted by atomic mass is 10.3. The molecular weight excluding hydrogens is 392 g/mol. The van der Waals surface area contributed by atoms with E-state index in [4.69, 9.17) is 0 Å². The lowest BCUT2D eigenvalue weighted by molar-refractivity contribution is 0.584. The zero-order valence-electron chi connectivity index (χ0n) is 11.8. The van der Waals surface area contributed by atoms with Crippen molar-refractivity contribution in [2.75, 3.05) is 6.54 Å². The van der Waals surface area contributed by atoms with Crippen molar-refractivity contribution in [2.24, 2.45) is 0 Å². The fourth-order valence-electron chi connectivity index (χ4n) is 1.72. The maximum Gasteiger partial charge on any atom is 0.250 e. The molecule has 2 N–H and O–H groups in total. The van der Waals surface area contributed by atoms with Gasteiger partial charge in [-0.05, 0) is 53.2 Å². The van der Waals surface area contributed by atoms with E-state index in [1.165, 1.54) is 22.7 Å². The van der Waals surface area contributed by atoms with Crippen LogP contribution in [0.3, 0.4) is 0 Å². The highest BCUT2D eigenvalue weighted by Crippen LogP contribution is 2.27. The molecule has 0 unspecified atom stereocenters. The summed E-state index contributed by atoms with van der Waals surface area (Å²) in [5.74, 6) is 0. The number of sulfonamides is 1. The molecule has 0 saturated heterocycles. The third kappa shape index (κ3) is 4.61. The molecule has 0 aromatic carbocycles. The minimum Gasteiger partial charge on any atom is -0.312 e. The Morgan fingerprint density at radius 2 is 2.00 bits per heavy atom. The van der Waals surface area contributed by atoms with Crippen molar-refractivity contribution in [3.63, 3.8) is 0 Å². The van der Waals surface area contributed by atoms with Gasteiger partial charge in [-0.15, -0.1) is 22.7 Å². The number of hydrogen-bond donors (Lipinski definition) is 2. The van der Waals surface area contributed by atoms with Crippen LogP contribution in [0.2, 0.25) is 0 Å². The number of rotatable bonds is 7. The molecule has 2 heterocycles. The molecule has 0 atom stereocenters. The molecule has 0 spiro atoms. The molecule has 0 aliphatic carbocycles. The van der Waals surface area contributed by atoms with Crippen LogP contribution >= 0.6 is 38.6 Å². The number of aryl methyl sites for hydroxylation is 1. The average Bonchev–Trinajstić information content (AvgIpc) is 3.01. The number of halogens is 1. The summed E-state index contributed by atoms with van der Waals surface area (Å²) in [6.45, 7) is 5.86. The number of hydrogen-bond acceptors (Lipinski definition) is 5. The van der Waals surface area contributed by atoms with Crippen LogP contribution in [0.15, 0.2) is 26.2 Å². The molecule has 21 heavy (non-hydrogen) atoms. The third-order valence-corrected chi connectivity index (χ3v) is 7.60. The Labute approximate surface area is 141 Å². The smallest absolute Gasteiger partial charge is 0.250 e. The lowest BCUT2D eigenvalue weighted by Gasteiger charge is -2.02. The van der Waals surface area contributed by atoms with E-state index in [2.05, 4.69) is 26.0 Å². The molecule has 2 aromatic heterocycles. The first-order valence-corrected chi connectivity index (χ1v) is 10.4. The van der Waals surface area contributed by atoms with Crippen LogP contribution in [0, 0.1) is 6.92 Å². The Hall–Kier alpha value is -0.250. The zero-order valence-corrected chi connectivity index (χ0v) is 15.8. The van der Waals surface area contributed by atoms with E-state index in [1.807, 2.05) is 26.0 Å². The zero-order chi connectivity index (χ0) is 15.5. The van der Waals surface area contributed by atoms with Gasteiger partial charge in [-0.1, -0.05) is 6.92 Å². The molecule has 0 aliphatic rings. The Bertz CT molecular complexity index is 707. The summed E-state index contributed by atoms with van der Waals surface area (Å²) < 4.78 is 28.7. The van der Waals surface area contributed by atoms with E-state index in [0.717, 1.165) is 25.6 Å². The van der Waals surface area contributed by atoms with Crippen molar-refractivity contribution in [1.82, 2.24) is 10.0 Å². The fourth-order valence-corrected chi connectivity index (χ4v) is 5.84. The summed E-state index contributed by atoms with van der Waals surface area (Å²) in [6, 6.07) is 5.57. The van der Waals surface area contributed by atoms with Crippen molar-refractivity contribution >= 4 is 48.6 Å². The average molecular weight is 409 g/mol. The van der Waals surface area contributed by atoms with Gasteiger partial charge in [0.05, 0.1) is 3.79 Å². The molecule has 0 amide bonds. The summed E-state index contributed by atoms with van der Waals surface area (Å²) >= 11 is 6.22. The molecule has 0 radical (unpaired) electrons. The van der Waals surface area contributed by atoms with E-state index >= 15 is 0 Å². The van der Waals surface area contributed by atoms with Crippen LogP contribution in [-0.4, -0.2) is 15.0 Å². The Morgan fingerprint density at radius 1 is 1.24 bits per heavy atom. The van der Waals surface area contributed by atoms with Gasteiger partial charge in [-0.3, -0.25) is 0 Å². The summed E-state index contributed by atoms with van der Waals surface area (Å²) in [5.41, 5.74) is 1.01. The maximum atomic E-state index is 12.3. The van der Waals surface area contributed by atoms with E-state index in [1.54, 1.807) is 6.07 Å². The van der Waals surface area contributed by atoms with Crippen molar-refractivity contribution < 1.29 is 8.42 Å². The summed E-state index contributed by atoms with van der Waals surface area (Å²) in [6.07, 6.45) is 0. The Balaban J connectivity index is 2.08. The molecule has 0 saturated carbocycles. The predicted octanol–water partition coefficient (Wildman–Crippen LogP) is 3.47.